The minimum atomic E-state index is 0.0148. The molecule has 0 spiro atoms. The number of carbonyl (C=O) groups excluding carboxylic acids is 2. The Labute approximate surface area is 144 Å². The number of likely N-dealkylation sites (tertiary alicyclic amines) is 1. The van der Waals surface area contributed by atoms with E-state index in [9.17, 15) is 9.59 Å². The summed E-state index contributed by atoms with van der Waals surface area (Å²) in [6, 6.07) is 7.96. The number of rotatable bonds is 3. The van der Waals surface area contributed by atoms with Crippen LogP contribution in [0, 0.1) is 5.92 Å². The van der Waals surface area contributed by atoms with E-state index in [0.717, 1.165) is 50.1 Å². The lowest BCUT2D eigenvalue weighted by atomic mass is 10.0. The van der Waals surface area contributed by atoms with Crippen LogP contribution in [0.15, 0.2) is 24.3 Å². The summed E-state index contributed by atoms with van der Waals surface area (Å²) < 4.78 is 0. The van der Waals surface area contributed by atoms with Gasteiger partial charge in [0, 0.05) is 38.3 Å². The Bertz CT molecular complexity index is 602. The van der Waals surface area contributed by atoms with Gasteiger partial charge < -0.3 is 15.1 Å². The minimum Gasteiger partial charge on any atom is -0.334 e. The highest BCUT2D eigenvalue weighted by atomic mass is 16.2. The highest BCUT2D eigenvalue weighted by molar-refractivity contribution is 5.94. The van der Waals surface area contributed by atoms with Crippen molar-refractivity contribution in [3.05, 3.63) is 29.8 Å². The van der Waals surface area contributed by atoms with Gasteiger partial charge in [-0.25, -0.2) is 4.79 Å². The van der Waals surface area contributed by atoms with Crippen LogP contribution in [-0.2, 0) is 11.3 Å². The molecule has 1 unspecified atom stereocenters. The van der Waals surface area contributed by atoms with E-state index in [-0.39, 0.29) is 11.9 Å². The van der Waals surface area contributed by atoms with Gasteiger partial charge in [-0.15, -0.1) is 0 Å². The minimum absolute atomic E-state index is 0.0148. The Kier molecular flexibility index (Phi) is 5.38. The lowest BCUT2D eigenvalue weighted by molar-refractivity contribution is -0.119. The van der Waals surface area contributed by atoms with E-state index in [1.165, 1.54) is 6.42 Å². The van der Waals surface area contributed by atoms with Crippen LogP contribution in [0.2, 0.25) is 0 Å². The molecule has 0 aliphatic carbocycles. The normalized spacial score (nSPS) is 21.7. The number of nitrogens with one attached hydrogen (secondary N) is 1. The van der Waals surface area contributed by atoms with Crippen LogP contribution in [0.25, 0.3) is 0 Å². The van der Waals surface area contributed by atoms with Crippen LogP contribution in [0.4, 0.5) is 10.5 Å². The van der Waals surface area contributed by atoms with Crippen molar-refractivity contribution in [1.29, 1.82) is 0 Å². The lowest BCUT2D eigenvalue weighted by Crippen LogP contribution is -2.44. The molecule has 24 heavy (non-hydrogen) atoms. The number of amides is 3. The van der Waals surface area contributed by atoms with E-state index >= 15 is 0 Å². The molecule has 0 saturated carbocycles. The SMILES string of the molecule is CC1CCCN(C(=O)NCc2cccc(N3CCCCC3=O)c2)C1. The molecular weight excluding hydrogens is 302 g/mol. The monoisotopic (exact) mass is 329 g/mol. The molecule has 1 aromatic rings. The van der Waals surface area contributed by atoms with Crippen LogP contribution < -0.4 is 10.2 Å². The predicted octanol–water partition coefficient (Wildman–Crippen LogP) is 3.15. The first-order chi connectivity index (χ1) is 11.6. The third-order valence-electron chi connectivity index (χ3n) is 4.93. The zero-order chi connectivity index (χ0) is 16.9. The van der Waals surface area contributed by atoms with Crippen LogP contribution in [0.3, 0.4) is 0 Å². The summed E-state index contributed by atoms with van der Waals surface area (Å²) in [7, 11) is 0. The molecule has 2 saturated heterocycles. The third kappa shape index (κ3) is 4.08. The fourth-order valence-corrected chi connectivity index (χ4v) is 3.58. The van der Waals surface area contributed by atoms with E-state index in [4.69, 9.17) is 0 Å². The molecule has 2 fully saturated rings. The maximum atomic E-state index is 12.3. The van der Waals surface area contributed by atoms with Gasteiger partial charge >= 0.3 is 6.03 Å². The first-order valence-electron chi connectivity index (χ1n) is 9.05. The summed E-state index contributed by atoms with van der Waals surface area (Å²) in [6.45, 7) is 5.17. The Morgan fingerprint density at radius 1 is 1.25 bits per heavy atom. The van der Waals surface area contributed by atoms with E-state index in [1.54, 1.807) is 0 Å². The number of carbonyl (C=O) groups is 2. The number of piperidine rings is 2. The molecule has 5 heteroatoms. The van der Waals surface area contributed by atoms with Crippen molar-refractivity contribution in [2.24, 2.45) is 5.92 Å². The highest BCUT2D eigenvalue weighted by Gasteiger charge is 2.21. The van der Waals surface area contributed by atoms with Gasteiger partial charge in [-0.1, -0.05) is 19.1 Å². The van der Waals surface area contributed by atoms with E-state index < -0.39 is 0 Å². The summed E-state index contributed by atoms with van der Waals surface area (Å²) >= 11 is 0. The van der Waals surface area contributed by atoms with Crippen molar-refractivity contribution >= 4 is 17.6 Å². The van der Waals surface area contributed by atoms with Gasteiger partial charge in [-0.3, -0.25) is 4.79 Å². The molecule has 0 aromatic heterocycles. The van der Waals surface area contributed by atoms with Gasteiger partial charge in [-0.05, 0) is 49.3 Å². The Hall–Kier alpha value is -2.04. The summed E-state index contributed by atoms with van der Waals surface area (Å²) in [5.41, 5.74) is 1.97. The Morgan fingerprint density at radius 2 is 2.12 bits per heavy atom. The van der Waals surface area contributed by atoms with Crippen molar-refractivity contribution in [3.8, 4) is 0 Å². The average molecular weight is 329 g/mol. The van der Waals surface area contributed by atoms with E-state index in [2.05, 4.69) is 12.2 Å². The largest absolute Gasteiger partial charge is 0.334 e. The van der Waals surface area contributed by atoms with Gasteiger partial charge in [0.2, 0.25) is 5.91 Å². The zero-order valence-electron chi connectivity index (χ0n) is 14.5. The van der Waals surface area contributed by atoms with Crippen molar-refractivity contribution in [2.45, 2.75) is 45.6 Å². The first-order valence-corrected chi connectivity index (χ1v) is 9.05. The molecular formula is C19H27N3O2. The molecule has 3 rings (SSSR count). The van der Waals surface area contributed by atoms with Crippen LogP contribution in [0.1, 0.15) is 44.6 Å². The first kappa shape index (κ1) is 16.8. The van der Waals surface area contributed by atoms with Crippen molar-refractivity contribution < 1.29 is 9.59 Å². The molecule has 5 nitrogen and oxygen atoms in total. The molecule has 0 radical (unpaired) electrons. The van der Waals surface area contributed by atoms with Crippen molar-refractivity contribution in [2.75, 3.05) is 24.5 Å². The fourth-order valence-electron chi connectivity index (χ4n) is 3.58. The second-order valence-electron chi connectivity index (χ2n) is 7.02. The van der Waals surface area contributed by atoms with Gasteiger partial charge in [0.15, 0.2) is 0 Å². The highest BCUT2D eigenvalue weighted by Crippen LogP contribution is 2.22. The summed E-state index contributed by atoms with van der Waals surface area (Å²) in [5, 5.41) is 3.01. The summed E-state index contributed by atoms with van der Waals surface area (Å²) in [5.74, 6) is 0.780. The number of benzene rings is 1. The fraction of sp³-hybridized carbons (Fsp3) is 0.579. The maximum Gasteiger partial charge on any atom is 0.317 e. The maximum absolute atomic E-state index is 12.3. The third-order valence-corrected chi connectivity index (χ3v) is 4.93. The number of urea groups is 1. The predicted molar refractivity (Wildman–Crippen MR) is 94.9 cm³/mol. The standard InChI is InChI=1S/C19H27N3O2/c1-15-6-5-10-21(14-15)19(24)20-13-16-7-4-8-17(12-16)22-11-3-2-9-18(22)23/h4,7-8,12,15H,2-3,5-6,9-11,13-14H2,1H3,(H,20,24). The molecule has 3 amide bonds. The Balaban J connectivity index is 1.58. The van der Waals surface area contributed by atoms with Crippen LogP contribution >= 0.6 is 0 Å². The van der Waals surface area contributed by atoms with Crippen molar-refractivity contribution in [3.63, 3.8) is 0 Å². The smallest absolute Gasteiger partial charge is 0.317 e. The molecule has 1 aromatic carbocycles. The van der Waals surface area contributed by atoms with Gasteiger partial charge in [0.05, 0.1) is 0 Å². The van der Waals surface area contributed by atoms with Crippen LogP contribution in [-0.4, -0.2) is 36.5 Å². The summed E-state index contributed by atoms with van der Waals surface area (Å²) in [4.78, 5) is 28.1. The van der Waals surface area contributed by atoms with E-state index in [1.807, 2.05) is 34.1 Å². The lowest BCUT2D eigenvalue weighted by Gasteiger charge is -2.31. The van der Waals surface area contributed by atoms with Crippen molar-refractivity contribution in [1.82, 2.24) is 10.2 Å². The molecule has 0 bridgehead atoms. The van der Waals surface area contributed by atoms with Gasteiger partial charge in [-0.2, -0.15) is 0 Å². The number of nitrogens with zero attached hydrogens (tertiary/aromatic N) is 2. The zero-order valence-corrected chi connectivity index (χ0v) is 14.5. The van der Waals surface area contributed by atoms with Crippen LogP contribution in [0.5, 0.6) is 0 Å². The number of hydrogen-bond acceptors (Lipinski definition) is 2. The topological polar surface area (TPSA) is 52.7 Å². The Morgan fingerprint density at radius 3 is 2.92 bits per heavy atom. The molecule has 2 aliphatic rings. The quantitative estimate of drug-likeness (QED) is 0.926. The summed E-state index contributed by atoms with van der Waals surface area (Å²) in [6.07, 6.45) is 4.96. The molecule has 2 heterocycles. The number of anilines is 1. The van der Waals surface area contributed by atoms with Gasteiger partial charge in [0.25, 0.3) is 0 Å². The molecule has 130 valence electrons. The molecule has 2 aliphatic heterocycles. The average Bonchev–Trinajstić information content (AvgIpc) is 2.60. The number of hydrogen-bond donors (Lipinski definition) is 1. The molecule has 1 N–H and O–H groups in total. The van der Waals surface area contributed by atoms with E-state index in [0.29, 0.717) is 18.9 Å². The van der Waals surface area contributed by atoms with Gasteiger partial charge in [0.1, 0.15) is 0 Å². The second-order valence-corrected chi connectivity index (χ2v) is 7.02. The molecule has 1 atom stereocenters. The second kappa shape index (κ2) is 7.69.